The third-order valence-corrected chi connectivity index (χ3v) is 1.64. The molecular formula is C8H12N2O2. The molecule has 1 aromatic heterocycles. The van der Waals surface area contributed by atoms with E-state index in [9.17, 15) is 4.79 Å². The number of methoxy groups -OCH3 is 1. The van der Waals surface area contributed by atoms with Crippen LogP contribution in [0.2, 0.25) is 0 Å². The summed E-state index contributed by atoms with van der Waals surface area (Å²) in [5, 5.41) is 0. The van der Waals surface area contributed by atoms with Crippen LogP contribution in [0.1, 0.15) is 5.56 Å². The van der Waals surface area contributed by atoms with Crippen LogP contribution in [0.5, 0.6) is 0 Å². The Balaban J connectivity index is 3.14. The normalized spacial score (nSPS) is 10.2. The molecule has 1 heterocycles. The van der Waals surface area contributed by atoms with Crippen LogP contribution in [0, 0.1) is 6.92 Å². The van der Waals surface area contributed by atoms with Crippen molar-refractivity contribution < 1.29 is 4.74 Å². The van der Waals surface area contributed by atoms with Crippen LogP contribution in [0.4, 0.5) is 5.69 Å². The second-order valence-corrected chi connectivity index (χ2v) is 2.64. The molecule has 66 valence electrons. The van der Waals surface area contributed by atoms with E-state index in [2.05, 4.69) is 0 Å². The van der Waals surface area contributed by atoms with Crippen LogP contribution in [-0.4, -0.2) is 11.7 Å². The van der Waals surface area contributed by atoms with E-state index in [0.29, 0.717) is 5.69 Å². The van der Waals surface area contributed by atoms with Gasteiger partial charge >= 0.3 is 0 Å². The molecule has 1 rings (SSSR count). The third-order valence-electron chi connectivity index (χ3n) is 1.64. The van der Waals surface area contributed by atoms with Gasteiger partial charge in [0.05, 0.1) is 5.69 Å². The predicted octanol–water partition coefficient (Wildman–Crippen LogP) is 0.343. The van der Waals surface area contributed by atoms with Gasteiger partial charge in [0.25, 0.3) is 5.56 Å². The zero-order valence-corrected chi connectivity index (χ0v) is 7.20. The van der Waals surface area contributed by atoms with Gasteiger partial charge in [0.15, 0.2) is 0 Å². The first-order valence-electron chi connectivity index (χ1n) is 3.60. The highest BCUT2D eigenvalue weighted by Crippen LogP contribution is 2.04. The van der Waals surface area contributed by atoms with Gasteiger partial charge in [0.2, 0.25) is 0 Å². The average molecular weight is 168 g/mol. The van der Waals surface area contributed by atoms with Crippen molar-refractivity contribution in [3.63, 3.8) is 0 Å². The molecule has 0 atom stereocenters. The zero-order chi connectivity index (χ0) is 9.14. The molecule has 0 amide bonds. The van der Waals surface area contributed by atoms with Crippen LogP contribution in [0.3, 0.4) is 0 Å². The molecule has 0 fully saturated rings. The zero-order valence-electron chi connectivity index (χ0n) is 7.20. The molecule has 0 unspecified atom stereocenters. The van der Waals surface area contributed by atoms with E-state index >= 15 is 0 Å². The molecule has 0 aliphatic rings. The maximum absolute atomic E-state index is 11.2. The quantitative estimate of drug-likeness (QED) is 0.692. The smallest absolute Gasteiger partial charge is 0.252 e. The number of aromatic nitrogens is 1. The van der Waals surface area contributed by atoms with Crippen molar-refractivity contribution in [3.8, 4) is 0 Å². The Kier molecular flexibility index (Phi) is 2.50. The number of nitrogen functional groups attached to an aromatic ring is 1. The van der Waals surface area contributed by atoms with Crippen molar-refractivity contribution in [2.24, 2.45) is 0 Å². The number of pyridine rings is 1. The van der Waals surface area contributed by atoms with Crippen LogP contribution < -0.4 is 11.3 Å². The van der Waals surface area contributed by atoms with Gasteiger partial charge in [-0.1, -0.05) is 0 Å². The highest BCUT2D eigenvalue weighted by molar-refractivity contribution is 5.42. The topological polar surface area (TPSA) is 57.2 Å². The molecule has 0 bridgehead atoms. The van der Waals surface area contributed by atoms with Crippen LogP contribution in [-0.2, 0) is 11.5 Å². The summed E-state index contributed by atoms with van der Waals surface area (Å²) in [6, 6.07) is 1.49. The Hall–Kier alpha value is -1.29. The Morgan fingerprint density at radius 2 is 2.33 bits per heavy atom. The second kappa shape index (κ2) is 3.40. The van der Waals surface area contributed by atoms with Crippen LogP contribution >= 0.6 is 0 Å². The van der Waals surface area contributed by atoms with Gasteiger partial charge in [0, 0.05) is 19.4 Å². The van der Waals surface area contributed by atoms with E-state index in [-0.39, 0.29) is 12.3 Å². The van der Waals surface area contributed by atoms with Crippen molar-refractivity contribution >= 4 is 5.69 Å². The molecule has 12 heavy (non-hydrogen) atoms. The Bertz CT molecular complexity index is 330. The SMILES string of the molecule is COCn1cc(N)c(C)cc1=O. The third kappa shape index (κ3) is 1.65. The molecule has 0 aliphatic carbocycles. The summed E-state index contributed by atoms with van der Waals surface area (Å²) < 4.78 is 6.23. The van der Waals surface area contributed by atoms with E-state index in [1.54, 1.807) is 13.1 Å². The van der Waals surface area contributed by atoms with E-state index in [1.807, 2.05) is 0 Å². The minimum atomic E-state index is -0.0939. The first-order chi connectivity index (χ1) is 5.65. The fourth-order valence-electron chi connectivity index (χ4n) is 0.925. The van der Waals surface area contributed by atoms with Crippen molar-refractivity contribution in [3.05, 3.63) is 28.2 Å². The van der Waals surface area contributed by atoms with Gasteiger partial charge in [-0.3, -0.25) is 9.36 Å². The number of nitrogens with zero attached hydrogens (tertiary/aromatic N) is 1. The van der Waals surface area contributed by atoms with E-state index in [4.69, 9.17) is 10.5 Å². The largest absolute Gasteiger partial charge is 0.397 e. The first-order valence-corrected chi connectivity index (χ1v) is 3.60. The number of hydrogen-bond acceptors (Lipinski definition) is 3. The molecule has 0 radical (unpaired) electrons. The Labute approximate surface area is 70.6 Å². The van der Waals surface area contributed by atoms with Crippen LogP contribution in [0.15, 0.2) is 17.1 Å². The molecule has 0 aliphatic heterocycles. The van der Waals surface area contributed by atoms with Crippen molar-refractivity contribution in [1.82, 2.24) is 4.57 Å². The summed E-state index contributed by atoms with van der Waals surface area (Å²) in [5.41, 5.74) is 6.91. The molecule has 1 aromatic rings. The lowest BCUT2D eigenvalue weighted by atomic mass is 10.2. The van der Waals surface area contributed by atoms with Gasteiger partial charge in [-0.25, -0.2) is 0 Å². The summed E-state index contributed by atoms with van der Waals surface area (Å²) in [4.78, 5) is 11.2. The lowest BCUT2D eigenvalue weighted by Crippen LogP contribution is -2.20. The lowest BCUT2D eigenvalue weighted by molar-refractivity contribution is 0.128. The highest BCUT2D eigenvalue weighted by atomic mass is 16.5. The molecule has 4 heteroatoms. The van der Waals surface area contributed by atoms with Gasteiger partial charge in [0.1, 0.15) is 6.73 Å². The molecule has 0 aromatic carbocycles. The number of hydrogen-bond donors (Lipinski definition) is 1. The van der Waals surface area contributed by atoms with Gasteiger partial charge in [-0.15, -0.1) is 0 Å². The van der Waals surface area contributed by atoms with Crippen LogP contribution in [0.25, 0.3) is 0 Å². The molecule has 0 saturated heterocycles. The van der Waals surface area contributed by atoms with E-state index in [0.717, 1.165) is 5.56 Å². The lowest BCUT2D eigenvalue weighted by Gasteiger charge is -2.06. The molecule has 4 nitrogen and oxygen atoms in total. The Morgan fingerprint density at radius 3 is 2.92 bits per heavy atom. The predicted molar refractivity (Wildman–Crippen MR) is 46.9 cm³/mol. The van der Waals surface area contributed by atoms with E-state index < -0.39 is 0 Å². The number of ether oxygens (including phenoxy) is 1. The monoisotopic (exact) mass is 168 g/mol. The van der Waals surface area contributed by atoms with Gasteiger partial charge in [-0.05, 0) is 12.5 Å². The second-order valence-electron chi connectivity index (χ2n) is 2.64. The standard InChI is InChI=1S/C8H12N2O2/c1-6-3-8(11)10(5-12-2)4-7(6)9/h3-4H,5,9H2,1-2H3. The molecule has 2 N–H and O–H groups in total. The summed E-state index contributed by atoms with van der Waals surface area (Å²) in [6.45, 7) is 2.04. The summed E-state index contributed by atoms with van der Waals surface area (Å²) in [7, 11) is 1.53. The summed E-state index contributed by atoms with van der Waals surface area (Å²) in [6.07, 6.45) is 1.58. The van der Waals surface area contributed by atoms with Gasteiger partial charge < -0.3 is 10.5 Å². The Morgan fingerprint density at radius 1 is 1.67 bits per heavy atom. The minimum absolute atomic E-state index is 0.0939. The fraction of sp³-hybridized carbons (Fsp3) is 0.375. The number of anilines is 1. The summed E-state index contributed by atoms with van der Waals surface area (Å²) >= 11 is 0. The number of rotatable bonds is 2. The molecule has 0 saturated carbocycles. The first kappa shape index (κ1) is 8.80. The fourth-order valence-corrected chi connectivity index (χ4v) is 0.925. The number of nitrogens with two attached hydrogens (primary N) is 1. The maximum atomic E-state index is 11.2. The maximum Gasteiger partial charge on any atom is 0.252 e. The molecular weight excluding hydrogens is 156 g/mol. The minimum Gasteiger partial charge on any atom is -0.397 e. The molecule has 0 spiro atoms. The van der Waals surface area contributed by atoms with Crippen molar-refractivity contribution in [2.75, 3.05) is 12.8 Å². The van der Waals surface area contributed by atoms with E-state index in [1.165, 1.54) is 17.7 Å². The average Bonchev–Trinajstić information content (AvgIpc) is 2.01. The summed E-state index contributed by atoms with van der Waals surface area (Å²) in [5.74, 6) is 0. The van der Waals surface area contributed by atoms with Crippen molar-refractivity contribution in [1.29, 1.82) is 0 Å². The van der Waals surface area contributed by atoms with Gasteiger partial charge in [-0.2, -0.15) is 0 Å². The highest BCUT2D eigenvalue weighted by Gasteiger charge is 1.98. The van der Waals surface area contributed by atoms with Crippen molar-refractivity contribution in [2.45, 2.75) is 13.7 Å². The number of aryl methyl sites for hydroxylation is 1.